The fraction of sp³-hybridized carbons (Fsp3) is 0.381. The van der Waals surface area contributed by atoms with Gasteiger partial charge in [-0.1, -0.05) is 0 Å². The smallest absolute Gasteiger partial charge is 0.222 e. The summed E-state index contributed by atoms with van der Waals surface area (Å²) in [5, 5.41) is 3.74. The molecule has 7 nitrogen and oxygen atoms in total. The van der Waals surface area contributed by atoms with Crippen molar-refractivity contribution in [2.75, 3.05) is 25.6 Å². The lowest BCUT2D eigenvalue weighted by Gasteiger charge is -2.26. The standard InChI is InChI=1S/C21H24N4O3/c1-13-7-17(24-19(8-13)21(27-4)5-6-28-12-21)16-11-25(3)18-10-22-20(9-15(16)18)23-14(2)26/h7-11H,5-6,12H2,1-4H3,(H,22,23,26)/t21-/m0/s1. The number of pyridine rings is 2. The second-order valence-corrected chi connectivity index (χ2v) is 7.34. The fourth-order valence-electron chi connectivity index (χ4n) is 3.78. The van der Waals surface area contributed by atoms with Gasteiger partial charge in [0, 0.05) is 51.3 Å². The van der Waals surface area contributed by atoms with Crippen molar-refractivity contribution in [3.8, 4) is 11.3 Å². The first-order valence-corrected chi connectivity index (χ1v) is 9.27. The second kappa shape index (κ2) is 7.00. The van der Waals surface area contributed by atoms with E-state index in [1.54, 1.807) is 13.3 Å². The molecule has 146 valence electrons. The Morgan fingerprint density at radius 2 is 2.18 bits per heavy atom. The molecule has 1 amide bonds. The van der Waals surface area contributed by atoms with Crippen molar-refractivity contribution in [2.45, 2.75) is 25.9 Å². The number of carbonyl (C=O) groups excluding carboxylic acids is 1. The first-order chi connectivity index (χ1) is 13.4. The summed E-state index contributed by atoms with van der Waals surface area (Å²) in [5.74, 6) is 0.376. The Kier molecular flexibility index (Phi) is 4.64. The number of nitrogens with zero attached hydrogens (tertiary/aromatic N) is 3. The van der Waals surface area contributed by atoms with Crippen LogP contribution in [0.5, 0.6) is 0 Å². The Morgan fingerprint density at radius 3 is 2.86 bits per heavy atom. The van der Waals surface area contributed by atoms with Gasteiger partial charge >= 0.3 is 0 Å². The topological polar surface area (TPSA) is 78.3 Å². The number of aromatic nitrogens is 3. The number of carbonyl (C=O) groups is 1. The number of anilines is 1. The first-order valence-electron chi connectivity index (χ1n) is 9.27. The molecule has 1 aliphatic heterocycles. The zero-order valence-corrected chi connectivity index (χ0v) is 16.6. The number of fused-ring (bicyclic) bond motifs is 1. The van der Waals surface area contributed by atoms with Crippen molar-refractivity contribution >= 4 is 22.6 Å². The highest BCUT2D eigenvalue weighted by molar-refractivity contribution is 5.98. The molecule has 0 bridgehead atoms. The molecule has 3 aromatic heterocycles. The number of hydrogen-bond donors (Lipinski definition) is 1. The Morgan fingerprint density at radius 1 is 1.36 bits per heavy atom. The molecule has 1 atom stereocenters. The number of hydrogen-bond acceptors (Lipinski definition) is 5. The highest BCUT2D eigenvalue weighted by Crippen LogP contribution is 2.36. The van der Waals surface area contributed by atoms with E-state index >= 15 is 0 Å². The molecule has 0 aromatic carbocycles. The van der Waals surface area contributed by atoms with Gasteiger partial charge in [-0.15, -0.1) is 0 Å². The average Bonchev–Trinajstić information content (AvgIpc) is 3.26. The Balaban J connectivity index is 1.87. The number of ether oxygens (including phenoxy) is 2. The van der Waals surface area contributed by atoms with Gasteiger partial charge < -0.3 is 19.4 Å². The van der Waals surface area contributed by atoms with Crippen LogP contribution in [0, 0.1) is 6.92 Å². The van der Waals surface area contributed by atoms with E-state index in [1.807, 2.05) is 23.9 Å². The van der Waals surface area contributed by atoms with Crippen LogP contribution in [0.3, 0.4) is 0 Å². The Labute approximate surface area is 163 Å². The van der Waals surface area contributed by atoms with E-state index in [0.29, 0.717) is 19.0 Å². The Hall–Kier alpha value is -2.77. The van der Waals surface area contributed by atoms with Gasteiger partial charge in [0.05, 0.1) is 29.7 Å². The lowest BCUT2D eigenvalue weighted by atomic mass is 9.95. The largest absolute Gasteiger partial charge is 0.378 e. The van der Waals surface area contributed by atoms with Crippen molar-refractivity contribution in [3.63, 3.8) is 0 Å². The van der Waals surface area contributed by atoms with Crippen LogP contribution in [0.15, 0.2) is 30.6 Å². The van der Waals surface area contributed by atoms with Gasteiger partial charge in [-0.3, -0.25) is 4.79 Å². The van der Waals surface area contributed by atoms with E-state index in [9.17, 15) is 4.79 Å². The minimum atomic E-state index is -0.506. The number of amides is 1. The highest BCUT2D eigenvalue weighted by Gasteiger charge is 2.38. The molecule has 7 heteroatoms. The molecule has 0 aliphatic carbocycles. The van der Waals surface area contributed by atoms with Crippen molar-refractivity contribution in [1.29, 1.82) is 0 Å². The minimum absolute atomic E-state index is 0.149. The van der Waals surface area contributed by atoms with Crippen LogP contribution in [0.1, 0.15) is 24.6 Å². The third kappa shape index (κ3) is 3.16. The van der Waals surface area contributed by atoms with Crippen LogP contribution in [-0.4, -0.2) is 40.8 Å². The molecule has 1 saturated heterocycles. The van der Waals surface area contributed by atoms with Crippen molar-refractivity contribution in [2.24, 2.45) is 7.05 Å². The maximum atomic E-state index is 11.4. The zero-order valence-electron chi connectivity index (χ0n) is 16.6. The summed E-state index contributed by atoms with van der Waals surface area (Å²) in [5.41, 5.74) is 4.31. The molecule has 1 aliphatic rings. The van der Waals surface area contributed by atoms with Crippen LogP contribution < -0.4 is 5.32 Å². The summed E-state index contributed by atoms with van der Waals surface area (Å²) in [4.78, 5) is 20.7. The van der Waals surface area contributed by atoms with E-state index in [2.05, 4.69) is 29.4 Å². The third-order valence-corrected chi connectivity index (χ3v) is 5.27. The molecule has 0 radical (unpaired) electrons. The van der Waals surface area contributed by atoms with E-state index in [4.69, 9.17) is 14.5 Å². The van der Waals surface area contributed by atoms with Gasteiger partial charge in [-0.2, -0.15) is 0 Å². The average molecular weight is 380 g/mol. The molecule has 1 fully saturated rings. The molecular formula is C21H24N4O3. The predicted molar refractivity (Wildman–Crippen MR) is 107 cm³/mol. The summed E-state index contributed by atoms with van der Waals surface area (Å²) in [6.45, 7) is 4.70. The predicted octanol–water partition coefficient (Wildman–Crippen LogP) is 3.16. The zero-order chi connectivity index (χ0) is 19.9. The van der Waals surface area contributed by atoms with Gasteiger partial charge in [0.25, 0.3) is 0 Å². The maximum absolute atomic E-state index is 11.4. The second-order valence-electron chi connectivity index (χ2n) is 7.34. The summed E-state index contributed by atoms with van der Waals surface area (Å²) < 4.78 is 13.5. The lowest BCUT2D eigenvalue weighted by molar-refractivity contribution is -0.114. The molecule has 0 saturated carbocycles. The van der Waals surface area contributed by atoms with Gasteiger partial charge in [0.15, 0.2) is 0 Å². The molecule has 1 N–H and O–H groups in total. The third-order valence-electron chi connectivity index (χ3n) is 5.27. The molecule has 3 aromatic rings. The van der Waals surface area contributed by atoms with Gasteiger partial charge in [-0.05, 0) is 30.7 Å². The van der Waals surface area contributed by atoms with Gasteiger partial charge in [0.2, 0.25) is 5.91 Å². The van der Waals surface area contributed by atoms with Crippen molar-refractivity contribution in [1.82, 2.24) is 14.5 Å². The molecular weight excluding hydrogens is 356 g/mol. The van der Waals surface area contributed by atoms with E-state index in [0.717, 1.165) is 39.8 Å². The van der Waals surface area contributed by atoms with E-state index < -0.39 is 5.60 Å². The van der Waals surface area contributed by atoms with Gasteiger partial charge in [-0.25, -0.2) is 9.97 Å². The lowest BCUT2D eigenvalue weighted by Crippen LogP contribution is -2.30. The molecule has 4 rings (SSSR count). The van der Waals surface area contributed by atoms with Crippen LogP contribution in [0.4, 0.5) is 5.82 Å². The SMILES string of the molecule is CO[C@@]1(c2cc(C)cc(-c3cn(C)c4cnc(NC(C)=O)cc34)n2)CCOC1. The Bertz CT molecular complexity index is 1050. The summed E-state index contributed by atoms with van der Waals surface area (Å²) >= 11 is 0. The van der Waals surface area contributed by atoms with Gasteiger partial charge in [0.1, 0.15) is 11.4 Å². The van der Waals surface area contributed by atoms with Crippen LogP contribution in [0.25, 0.3) is 22.2 Å². The molecule has 28 heavy (non-hydrogen) atoms. The number of rotatable bonds is 4. The number of nitrogens with one attached hydrogen (secondary N) is 1. The summed E-state index contributed by atoms with van der Waals surface area (Å²) in [6, 6.07) is 6.02. The maximum Gasteiger partial charge on any atom is 0.222 e. The minimum Gasteiger partial charge on any atom is -0.378 e. The number of aryl methyl sites for hydroxylation is 2. The summed E-state index contributed by atoms with van der Waals surface area (Å²) in [7, 11) is 3.69. The molecule has 0 unspecified atom stereocenters. The number of methoxy groups -OCH3 is 1. The van der Waals surface area contributed by atoms with Crippen LogP contribution >= 0.6 is 0 Å². The van der Waals surface area contributed by atoms with E-state index in [-0.39, 0.29) is 5.91 Å². The molecule has 4 heterocycles. The van der Waals surface area contributed by atoms with Crippen molar-refractivity contribution < 1.29 is 14.3 Å². The highest BCUT2D eigenvalue weighted by atomic mass is 16.5. The summed E-state index contributed by atoms with van der Waals surface area (Å²) in [6.07, 6.45) is 4.59. The fourth-order valence-corrected chi connectivity index (χ4v) is 3.78. The van der Waals surface area contributed by atoms with Crippen LogP contribution in [-0.2, 0) is 26.9 Å². The van der Waals surface area contributed by atoms with Crippen LogP contribution in [0.2, 0.25) is 0 Å². The first kappa shape index (κ1) is 18.6. The van der Waals surface area contributed by atoms with Crippen molar-refractivity contribution in [3.05, 3.63) is 41.9 Å². The molecule has 0 spiro atoms. The monoisotopic (exact) mass is 380 g/mol. The van der Waals surface area contributed by atoms with E-state index in [1.165, 1.54) is 6.92 Å². The quantitative estimate of drug-likeness (QED) is 0.752. The normalized spacial score (nSPS) is 19.3.